The minimum absolute atomic E-state index is 0.308. The maximum absolute atomic E-state index is 5.71. The number of rotatable bonds is 8. The molecule has 1 atom stereocenters. The molecular weight excluding hydrogens is 332 g/mol. The van der Waals surface area contributed by atoms with E-state index in [2.05, 4.69) is 40.7 Å². The van der Waals surface area contributed by atoms with Crippen LogP contribution in [-0.2, 0) is 6.54 Å². The van der Waals surface area contributed by atoms with Crippen molar-refractivity contribution in [2.24, 2.45) is 0 Å². The first-order chi connectivity index (χ1) is 12.3. The molecule has 1 aromatic heterocycles. The average molecular weight is 361 g/mol. The molecule has 1 aromatic carbocycles. The highest BCUT2D eigenvalue weighted by molar-refractivity contribution is 7.98. The second kappa shape index (κ2) is 9.32. The first-order valence-corrected chi connectivity index (χ1v) is 10.2. The Morgan fingerprint density at radius 1 is 1.24 bits per heavy atom. The van der Waals surface area contributed by atoms with Crippen LogP contribution in [0.25, 0.3) is 0 Å². The first-order valence-electron chi connectivity index (χ1n) is 9.01. The molecule has 3 rings (SSSR count). The first kappa shape index (κ1) is 18.4. The summed E-state index contributed by atoms with van der Waals surface area (Å²) in [5.74, 6) is 2.01. The number of hydrogen-bond donors (Lipinski definition) is 1. The van der Waals surface area contributed by atoms with Crippen molar-refractivity contribution in [3.05, 3.63) is 47.9 Å². The molecule has 0 bridgehead atoms. The van der Waals surface area contributed by atoms with Crippen molar-refractivity contribution >= 4 is 11.8 Å². The topological polar surface area (TPSA) is 37.6 Å². The Hall–Kier alpha value is -1.43. The van der Waals surface area contributed by atoms with E-state index in [1.54, 1.807) is 25.1 Å². The molecule has 1 saturated heterocycles. The number of benzene rings is 1. The van der Waals surface area contributed by atoms with E-state index in [0.717, 1.165) is 37.7 Å². The van der Waals surface area contributed by atoms with Crippen LogP contribution < -0.4 is 10.1 Å². The van der Waals surface area contributed by atoms with Crippen molar-refractivity contribution in [1.29, 1.82) is 0 Å². The molecule has 1 unspecified atom stereocenters. The summed E-state index contributed by atoms with van der Waals surface area (Å²) in [6.45, 7) is 4.03. The van der Waals surface area contributed by atoms with Gasteiger partial charge in [0.25, 0.3) is 0 Å². The average Bonchev–Trinajstić information content (AvgIpc) is 3.20. The van der Waals surface area contributed by atoms with Gasteiger partial charge in [-0.05, 0) is 62.0 Å². The quantitative estimate of drug-likeness (QED) is 0.710. The van der Waals surface area contributed by atoms with Gasteiger partial charge in [0.15, 0.2) is 0 Å². The second-order valence-corrected chi connectivity index (χ2v) is 7.30. The van der Waals surface area contributed by atoms with Crippen LogP contribution in [0.3, 0.4) is 0 Å². The van der Waals surface area contributed by atoms with Gasteiger partial charge in [0, 0.05) is 18.0 Å². The van der Waals surface area contributed by atoms with Crippen LogP contribution >= 0.6 is 11.8 Å². The highest BCUT2D eigenvalue weighted by Gasteiger charge is 2.24. The fraction of sp³-hybridized carbons (Fsp3) is 0.500. The molecule has 5 heteroatoms. The van der Waals surface area contributed by atoms with Crippen molar-refractivity contribution in [2.45, 2.75) is 36.7 Å². The summed E-state index contributed by atoms with van der Waals surface area (Å²) >= 11 is 1.71. The molecule has 136 valence electrons. The maximum atomic E-state index is 5.71. The van der Waals surface area contributed by atoms with E-state index in [0.29, 0.717) is 6.04 Å². The van der Waals surface area contributed by atoms with Gasteiger partial charge in [0.05, 0.1) is 19.4 Å². The monoisotopic (exact) mass is 360 g/mol. The largest absolute Gasteiger partial charge is 0.496 e. The fourth-order valence-electron chi connectivity index (χ4n) is 3.46. The summed E-state index contributed by atoms with van der Waals surface area (Å²) in [6.07, 6.45) is 7.76. The van der Waals surface area contributed by atoms with E-state index in [1.165, 1.54) is 29.7 Å². The molecular formula is C20H28N2O2S. The number of methoxy groups -OCH3 is 1. The third-order valence-electron chi connectivity index (χ3n) is 4.82. The normalized spacial score (nSPS) is 16.7. The standard InChI is InChI=1S/C20H28N2O2S/c1-23-19-13-16(8-9-20(19)25-2)14-21-15-17(18-7-6-12-24-18)22-10-4-3-5-11-22/h6-9,12-13,17,21H,3-5,10-11,14-15H2,1-2H3. The summed E-state index contributed by atoms with van der Waals surface area (Å²) < 4.78 is 11.2. The zero-order valence-corrected chi connectivity index (χ0v) is 16.0. The van der Waals surface area contributed by atoms with Gasteiger partial charge in [-0.2, -0.15) is 0 Å². The molecule has 1 N–H and O–H groups in total. The van der Waals surface area contributed by atoms with E-state index in [9.17, 15) is 0 Å². The van der Waals surface area contributed by atoms with Crippen molar-refractivity contribution < 1.29 is 9.15 Å². The van der Waals surface area contributed by atoms with Crippen LogP contribution in [0.15, 0.2) is 45.9 Å². The zero-order valence-electron chi connectivity index (χ0n) is 15.2. The fourth-order valence-corrected chi connectivity index (χ4v) is 4.01. The Kier molecular flexibility index (Phi) is 6.84. The Bertz CT molecular complexity index is 639. The molecule has 0 spiro atoms. The Morgan fingerprint density at radius 3 is 2.76 bits per heavy atom. The summed E-state index contributed by atoms with van der Waals surface area (Å²) in [5, 5.41) is 3.61. The van der Waals surface area contributed by atoms with Gasteiger partial charge < -0.3 is 14.5 Å². The smallest absolute Gasteiger partial charge is 0.132 e. The lowest BCUT2D eigenvalue weighted by Crippen LogP contribution is -2.38. The Labute approximate surface area is 154 Å². The van der Waals surface area contributed by atoms with Gasteiger partial charge in [0.2, 0.25) is 0 Å². The number of likely N-dealkylation sites (tertiary alicyclic amines) is 1. The molecule has 2 heterocycles. The van der Waals surface area contributed by atoms with Crippen molar-refractivity contribution in [3.8, 4) is 5.75 Å². The summed E-state index contributed by atoms with van der Waals surface area (Å²) in [5.41, 5.74) is 1.24. The molecule has 1 aliphatic rings. The van der Waals surface area contributed by atoms with Crippen LogP contribution in [0.4, 0.5) is 0 Å². The van der Waals surface area contributed by atoms with Gasteiger partial charge in [-0.25, -0.2) is 0 Å². The molecule has 25 heavy (non-hydrogen) atoms. The SMILES string of the molecule is COc1cc(CNCC(c2ccco2)N2CCCCC2)ccc1SC. The van der Waals surface area contributed by atoms with Gasteiger partial charge >= 0.3 is 0 Å². The van der Waals surface area contributed by atoms with E-state index in [1.807, 2.05) is 6.07 Å². The number of nitrogens with zero attached hydrogens (tertiary/aromatic N) is 1. The summed E-state index contributed by atoms with van der Waals surface area (Å²) in [7, 11) is 1.73. The summed E-state index contributed by atoms with van der Waals surface area (Å²) in [6, 6.07) is 10.8. The van der Waals surface area contributed by atoms with Gasteiger partial charge in [-0.1, -0.05) is 12.5 Å². The predicted octanol–water partition coefficient (Wildman–Crippen LogP) is 4.33. The lowest BCUT2D eigenvalue weighted by Gasteiger charge is -2.33. The maximum Gasteiger partial charge on any atom is 0.132 e. The molecule has 0 radical (unpaired) electrons. The lowest BCUT2D eigenvalue weighted by molar-refractivity contribution is 0.142. The number of ether oxygens (including phenoxy) is 1. The number of furan rings is 1. The van der Waals surface area contributed by atoms with Crippen molar-refractivity contribution in [2.75, 3.05) is 33.0 Å². The van der Waals surface area contributed by atoms with E-state index in [-0.39, 0.29) is 0 Å². The highest BCUT2D eigenvalue weighted by atomic mass is 32.2. The van der Waals surface area contributed by atoms with Crippen LogP contribution in [0.5, 0.6) is 5.75 Å². The van der Waals surface area contributed by atoms with Crippen LogP contribution in [0.2, 0.25) is 0 Å². The number of thioether (sulfide) groups is 1. The molecule has 0 saturated carbocycles. The third kappa shape index (κ3) is 4.81. The number of hydrogen-bond acceptors (Lipinski definition) is 5. The van der Waals surface area contributed by atoms with Crippen LogP contribution in [0, 0.1) is 0 Å². The van der Waals surface area contributed by atoms with Crippen molar-refractivity contribution in [3.63, 3.8) is 0 Å². The zero-order chi connectivity index (χ0) is 17.5. The highest BCUT2D eigenvalue weighted by Crippen LogP contribution is 2.28. The number of piperidine rings is 1. The van der Waals surface area contributed by atoms with Gasteiger partial charge in [0.1, 0.15) is 11.5 Å². The molecule has 1 fully saturated rings. The van der Waals surface area contributed by atoms with Gasteiger partial charge in [-0.15, -0.1) is 11.8 Å². The minimum atomic E-state index is 0.308. The van der Waals surface area contributed by atoms with E-state index < -0.39 is 0 Å². The molecule has 0 aliphatic carbocycles. The Morgan fingerprint density at radius 2 is 2.08 bits per heavy atom. The lowest BCUT2D eigenvalue weighted by atomic mass is 10.1. The Balaban J connectivity index is 1.61. The van der Waals surface area contributed by atoms with Crippen molar-refractivity contribution in [1.82, 2.24) is 10.2 Å². The molecule has 0 amide bonds. The second-order valence-electron chi connectivity index (χ2n) is 6.45. The minimum Gasteiger partial charge on any atom is -0.496 e. The molecule has 2 aromatic rings. The molecule has 4 nitrogen and oxygen atoms in total. The predicted molar refractivity (Wildman–Crippen MR) is 103 cm³/mol. The third-order valence-corrected chi connectivity index (χ3v) is 5.59. The molecule has 1 aliphatic heterocycles. The van der Waals surface area contributed by atoms with E-state index >= 15 is 0 Å². The summed E-state index contributed by atoms with van der Waals surface area (Å²) in [4.78, 5) is 3.72. The van der Waals surface area contributed by atoms with Gasteiger partial charge in [-0.3, -0.25) is 4.90 Å². The number of nitrogens with one attached hydrogen (secondary N) is 1. The van der Waals surface area contributed by atoms with Crippen LogP contribution in [-0.4, -0.2) is 37.9 Å². The van der Waals surface area contributed by atoms with Crippen LogP contribution in [0.1, 0.15) is 36.6 Å². The van der Waals surface area contributed by atoms with E-state index in [4.69, 9.17) is 9.15 Å².